The van der Waals surface area contributed by atoms with E-state index in [1.807, 2.05) is 30.3 Å². The van der Waals surface area contributed by atoms with Crippen molar-refractivity contribution in [3.05, 3.63) is 69.4 Å². The predicted octanol–water partition coefficient (Wildman–Crippen LogP) is 2.98. The van der Waals surface area contributed by atoms with Crippen LogP contribution in [0.1, 0.15) is 11.3 Å². The molecule has 2 heterocycles. The van der Waals surface area contributed by atoms with Crippen LogP contribution in [0.15, 0.2) is 47.4 Å². The van der Waals surface area contributed by atoms with E-state index in [-0.39, 0.29) is 18.0 Å². The van der Waals surface area contributed by atoms with E-state index in [2.05, 4.69) is 15.2 Å². The van der Waals surface area contributed by atoms with Crippen LogP contribution in [0.2, 0.25) is 5.15 Å². The van der Waals surface area contributed by atoms with Crippen LogP contribution in [0.25, 0.3) is 10.8 Å². The SMILES string of the molecule is Cl.O=c1cc(Cc2nnc(Cl)c3ccccc23)cc[nH]1. The standard InChI is InChI=1S/C14H10ClN3O.ClH/c15-14-11-4-2-1-3-10(11)12(17-18-14)7-9-5-6-16-13(19)8-9;/h1-6,8H,7H2,(H,16,19);1H. The monoisotopic (exact) mass is 307 g/mol. The fourth-order valence-corrected chi connectivity index (χ4v) is 2.25. The van der Waals surface area contributed by atoms with E-state index in [0.29, 0.717) is 11.6 Å². The number of halogens is 2. The number of nitrogens with one attached hydrogen (secondary N) is 1. The van der Waals surface area contributed by atoms with Crippen molar-refractivity contribution in [2.75, 3.05) is 0 Å². The first-order valence-electron chi connectivity index (χ1n) is 5.81. The van der Waals surface area contributed by atoms with Gasteiger partial charge in [0.1, 0.15) is 0 Å². The number of pyridine rings is 1. The quantitative estimate of drug-likeness (QED) is 0.792. The lowest BCUT2D eigenvalue weighted by Gasteiger charge is -2.05. The van der Waals surface area contributed by atoms with Gasteiger partial charge < -0.3 is 4.98 Å². The molecule has 0 aliphatic rings. The molecule has 3 aromatic rings. The molecule has 0 aliphatic carbocycles. The summed E-state index contributed by atoms with van der Waals surface area (Å²) >= 11 is 6.03. The van der Waals surface area contributed by atoms with Crippen LogP contribution in [0, 0.1) is 0 Å². The summed E-state index contributed by atoms with van der Waals surface area (Å²) in [5, 5.41) is 10.3. The summed E-state index contributed by atoms with van der Waals surface area (Å²) in [5.41, 5.74) is 1.58. The molecule has 0 fully saturated rings. The Kier molecular flexibility index (Phi) is 4.37. The molecule has 2 aromatic heterocycles. The van der Waals surface area contributed by atoms with E-state index < -0.39 is 0 Å². The Labute approximate surface area is 126 Å². The lowest BCUT2D eigenvalue weighted by atomic mass is 10.1. The highest BCUT2D eigenvalue weighted by atomic mass is 35.5. The Bertz CT molecular complexity index is 802. The number of rotatable bonds is 2. The average molecular weight is 308 g/mol. The number of benzene rings is 1. The second kappa shape index (κ2) is 6.03. The molecule has 0 radical (unpaired) electrons. The third-order valence-corrected chi connectivity index (χ3v) is 3.21. The van der Waals surface area contributed by atoms with E-state index in [1.165, 1.54) is 0 Å². The van der Waals surface area contributed by atoms with E-state index in [0.717, 1.165) is 22.0 Å². The molecule has 6 heteroatoms. The van der Waals surface area contributed by atoms with Gasteiger partial charge in [-0.3, -0.25) is 4.79 Å². The summed E-state index contributed by atoms with van der Waals surface area (Å²) in [6.07, 6.45) is 2.18. The third kappa shape index (κ3) is 2.81. The molecule has 0 saturated carbocycles. The third-order valence-electron chi connectivity index (χ3n) is 2.93. The number of nitrogens with zero attached hydrogens (tertiary/aromatic N) is 2. The normalized spacial score (nSPS) is 10.2. The Balaban J connectivity index is 0.00000147. The fraction of sp³-hybridized carbons (Fsp3) is 0.0714. The van der Waals surface area contributed by atoms with Gasteiger partial charge in [-0.05, 0) is 11.6 Å². The lowest BCUT2D eigenvalue weighted by molar-refractivity contribution is 0.955. The van der Waals surface area contributed by atoms with Gasteiger partial charge in [-0.2, -0.15) is 5.10 Å². The van der Waals surface area contributed by atoms with Gasteiger partial charge in [0, 0.05) is 29.5 Å². The van der Waals surface area contributed by atoms with Crippen molar-refractivity contribution in [1.29, 1.82) is 0 Å². The van der Waals surface area contributed by atoms with Gasteiger partial charge in [-0.1, -0.05) is 35.9 Å². The van der Waals surface area contributed by atoms with Gasteiger partial charge >= 0.3 is 0 Å². The van der Waals surface area contributed by atoms with Gasteiger partial charge in [0.05, 0.1) is 5.69 Å². The maximum atomic E-state index is 11.3. The van der Waals surface area contributed by atoms with Gasteiger partial charge in [0.2, 0.25) is 5.56 Å². The molecule has 0 unspecified atom stereocenters. The van der Waals surface area contributed by atoms with Crippen LogP contribution in [0.3, 0.4) is 0 Å². The van der Waals surface area contributed by atoms with Gasteiger partial charge in [0.25, 0.3) is 0 Å². The molecule has 0 amide bonds. The first kappa shape index (κ1) is 14.5. The van der Waals surface area contributed by atoms with E-state index in [1.54, 1.807) is 12.3 Å². The number of H-pyrrole nitrogens is 1. The molecular formula is C14H11Cl2N3O. The smallest absolute Gasteiger partial charge is 0.248 e. The van der Waals surface area contributed by atoms with Crippen molar-refractivity contribution >= 4 is 34.8 Å². The number of fused-ring (bicyclic) bond motifs is 1. The van der Waals surface area contributed by atoms with Gasteiger partial charge in [-0.15, -0.1) is 17.5 Å². The Morgan fingerprint density at radius 3 is 2.60 bits per heavy atom. The average Bonchev–Trinajstić information content (AvgIpc) is 2.42. The molecular weight excluding hydrogens is 297 g/mol. The molecule has 0 atom stereocenters. The zero-order chi connectivity index (χ0) is 13.2. The minimum absolute atomic E-state index is 0. The summed E-state index contributed by atoms with van der Waals surface area (Å²) in [6.45, 7) is 0. The summed E-state index contributed by atoms with van der Waals surface area (Å²) in [4.78, 5) is 13.9. The predicted molar refractivity (Wildman–Crippen MR) is 81.7 cm³/mol. The molecule has 102 valence electrons. The number of aromatic nitrogens is 3. The Morgan fingerprint density at radius 1 is 1.10 bits per heavy atom. The van der Waals surface area contributed by atoms with Crippen LogP contribution < -0.4 is 5.56 Å². The zero-order valence-electron chi connectivity index (χ0n) is 10.3. The maximum Gasteiger partial charge on any atom is 0.248 e. The van der Waals surface area contributed by atoms with E-state index >= 15 is 0 Å². The highest BCUT2D eigenvalue weighted by molar-refractivity contribution is 6.34. The summed E-state index contributed by atoms with van der Waals surface area (Å²) in [6, 6.07) is 11.1. The van der Waals surface area contributed by atoms with Gasteiger partial charge in [0.15, 0.2) is 5.15 Å². The highest BCUT2D eigenvalue weighted by Gasteiger charge is 2.08. The van der Waals surface area contributed by atoms with Crippen LogP contribution in [0.4, 0.5) is 0 Å². The second-order valence-electron chi connectivity index (χ2n) is 4.22. The number of hydrogen-bond donors (Lipinski definition) is 1. The molecule has 0 bridgehead atoms. The molecule has 1 aromatic carbocycles. The van der Waals surface area contributed by atoms with Crippen molar-refractivity contribution in [1.82, 2.24) is 15.2 Å². The van der Waals surface area contributed by atoms with Crippen molar-refractivity contribution in [2.24, 2.45) is 0 Å². The molecule has 0 aliphatic heterocycles. The van der Waals surface area contributed by atoms with E-state index in [4.69, 9.17) is 11.6 Å². The molecule has 0 saturated heterocycles. The molecule has 4 nitrogen and oxygen atoms in total. The molecule has 20 heavy (non-hydrogen) atoms. The molecule has 3 rings (SSSR count). The Morgan fingerprint density at radius 2 is 1.85 bits per heavy atom. The first-order chi connectivity index (χ1) is 9.24. The maximum absolute atomic E-state index is 11.3. The fourth-order valence-electron chi connectivity index (χ4n) is 2.05. The van der Waals surface area contributed by atoms with E-state index in [9.17, 15) is 4.79 Å². The summed E-state index contributed by atoms with van der Waals surface area (Å²) < 4.78 is 0. The highest BCUT2D eigenvalue weighted by Crippen LogP contribution is 2.23. The van der Waals surface area contributed by atoms with Crippen molar-refractivity contribution < 1.29 is 0 Å². The first-order valence-corrected chi connectivity index (χ1v) is 6.19. The second-order valence-corrected chi connectivity index (χ2v) is 4.58. The summed E-state index contributed by atoms with van der Waals surface area (Å²) in [7, 11) is 0. The molecule has 0 spiro atoms. The van der Waals surface area contributed by atoms with Crippen LogP contribution in [-0.4, -0.2) is 15.2 Å². The van der Waals surface area contributed by atoms with Crippen molar-refractivity contribution in [2.45, 2.75) is 6.42 Å². The number of aromatic amines is 1. The van der Waals surface area contributed by atoms with Crippen LogP contribution >= 0.6 is 24.0 Å². The summed E-state index contributed by atoms with van der Waals surface area (Å²) in [5.74, 6) is 0. The minimum atomic E-state index is -0.122. The minimum Gasteiger partial charge on any atom is -0.329 e. The Hall–Kier alpha value is -1.91. The van der Waals surface area contributed by atoms with Crippen LogP contribution in [0.5, 0.6) is 0 Å². The topological polar surface area (TPSA) is 58.6 Å². The van der Waals surface area contributed by atoms with Crippen LogP contribution in [-0.2, 0) is 6.42 Å². The molecule has 1 N–H and O–H groups in total. The number of hydrogen-bond acceptors (Lipinski definition) is 3. The zero-order valence-corrected chi connectivity index (χ0v) is 11.9. The lowest BCUT2D eigenvalue weighted by Crippen LogP contribution is -2.05. The van der Waals surface area contributed by atoms with Crippen molar-refractivity contribution in [3.63, 3.8) is 0 Å². The van der Waals surface area contributed by atoms with Gasteiger partial charge in [-0.25, -0.2) is 0 Å². The van der Waals surface area contributed by atoms with Crippen molar-refractivity contribution in [3.8, 4) is 0 Å². The largest absolute Gasteiger partial charge is 0.329 e.